The summed E-state index contributed by atoms with van der Waals surface area (Å²) in [6, 6.07) is 26.3. The number of ether oxygens (including phenoxy) is 4. The molecule has 0 amide bonds. The number of ketones is 1. The standard InChI is InChI=1S/C37H34O7/c38-21-27-15-17-33-29(13-7-19-41-33)36(27)43-23-31(25-9-3-1-4-10-25)35(40)32(26-11-5-2-6-12-26)24-44-37-28(22-39)16-18-34-30(37)14-8-20-42-34/h1-18,31-32,38-39H,19-24H2. The second-order valence-electron chi connectivity index (χ2n) is 10.6. The van der Waals surface area contributed by atoms with E-state index in [4.69, 9.17) is 18.9 Å². The Labute approximate surface area is 256 Å². The number of benzene rings is 4. The van der Waals surface area contributed by atoms with Gasteiger partial charge in [0, 0.05) is 11.1 Å². The van der Waals surface area contributed by atoms with Gasteiger partial charge >= 0.3 is 0 Å². The van der Waals surface area contributed by atoms with Crippen LogP contribution in [0, 0.1) is 0 Å². The van der Waals surface area contributed by atoms with E-state index in [0.717, 1.165) is 22.3 Å². The van der Waals surface area contributed by atoms with E-state index in [2.05, 4.69) is 0 Å². The highest BCUT2D eigenvalue weighted by Crippen LogP contribution is 2.39. The minimum Gasteiger partial charge on any atom is -0.491 e. The van der Waals surface area contributed by atoms with Crippen molar-refractivity contribution in [2.45, 2.75) is 25.0 Å². The van der Waals surface area contributed by atoms with Crippen LogP contribution in [-0.4, -0.2) is 42.4 Å². The van der Waals surface area contributed by atoms with Crippen LogP contribution in [0.15, 0.2) is 97.1 Å². The van der Waals surface area contributed by atoms with Gasteiger partial charge in [-0.05, 0) is 59.7 Å². The van der Waals surface area contributed by atoms with E-state index in [1.165, 1.54) is 0 Å². The first-order chi connectivity index (χ1) is 21.7. The van der Waals surface area contributed by atoms with Crippen molar-refractivity contribution >= 4 is 17.9 Å². The number of fused-ring (bicyclic) bond motifs is 2. The second kappa shape index (κ2) is 13.6. The van der Waals surface area contributed by atoms with Gasteiger partial charge in [-0.2, -0.15) is 0 Å². The quantitative estimate of drug-likeness (QED) is 0.207. The number of carbonyl (C=O) groups excluding carboxylic acids is 1. The number of aliphatic hydroxyl groups is 2. The molecule has 2 N–H and O–H groups in total. The van der Waals surface area contributed by atoms with Crippen molar-refractivity contribution in [3.05, 3.63) is 130 Å². The lowest BCUT2D eigenvalue weighted by molar-refractivity contribution is -0.123. The molecule has 0 aromatic heterocycles. The third kappa shape index (κ3) is 6.11. The Morgan fingerprint density at radius 1 is 0.636 bits per heavy atom. The van der Waals surface area contributed by atoms with Crippen LogP contribution < -0.4 is 18.9 Å². The first-order valence-electron chi connectivity index (χ1n) is 14.7. The molecule has 2 unspecified atom stereocenters. The van der Waals surface area contributed by atoms with Gasteiger partial charge in [0.2, 0.25) is 0 Å². The van der Waals surface area contributed by atoms with E-state index in [-0.39, 0.29) is 32.2 Å². The molecule has 224 valence electrons. The maximum atomic E-state index is 14.6. The molecule has 0 saturated carbocycles. The average Bonchev–Trinajstić information content (AvgIpc) is 3.09. The van der Waals surface area contributed by atoms with Gasteiger partial charge in [0.25, 0.3) is 0 Å². The Morgan fingerprint density at radius 2 is 1.07 bits per heavy atom. The minimum absolute atomic E-state index is 0.0443. The first kappa shape index (κ1) is 29.2. The van der Waals surface area contributed by atoms with Gasteiger partial charge in [-0.25, -0.2) is 0 Å². The fourth-order valence-electron chi connectivity index (χ4n) is 5.65. The van der Waals surface area contributed by atoms with E-state index >= 15 is 0 Å². The van der Waals surface area contributed by atoms with Crippen LogP contribution in [-0.2, 0) is 18.0 Å². The maximum absolute atomic E-state index is 14.6. The zero-order valence-corrected chi connectivity index (χ0v) is 24.2. The van der Waals surface area contributed by atoms with Crippen molar-refractivity contribution < 1.29 is 34.0 Å². The van der Waals surface area contributed by atoms with Crippen LogP contribution >= 0.6 is 0 Å². The Hall–Kier alpha value is -4.85. The lowest BCUT2D eigenvalue weighted by Crippen LogP contribution is -2.29. The molecular weight excluding hydrogens is 556 g/mol. The largest absolute Gasteiger partial charge is 0.491 e. The minimum atomic E-state index is -0.647. The molecule has 0 spiro atoms. The third-order valence-electron chi connectivity index (χ3n) is 7.93. The molecular formula is C37H34O7. The molecule has 7 heteroatoms. The number of carbonyl (C=O) groups is 1. The molecule has 2 atom stereocenters. The number of hydrogen-bond acceptors (Lipinski definition) is 7. The molecule has 2 heterocycles. The molecule has 0 radical (unpaired) electrons. The smallest absolute Gasteiger partial charge is 0.154 e. The predicted molar refractivity (Wildman–Crippen MR) is 168 cm³/mol. The Kier molecular flexibility index (Phi) is 9.06. The summed E-state index contributed by atoms with van der Waals surface area (Å²) in [4.78, 5) is 14.6. The van der Waals surface area contributed by atoms with Gasteiger partial charge in [-0.15, -0.1) is 0 Å². The first-order valence-corrected chi connectivity index (χ1v) is 14.7. The second-order valence-corrected chi connectivity index (χ2v) is 10.6. The highest BCUT2D eigenvalue weighted by atomic mass is 16.5. The van der Waals surface area contributed by atoms with Crippen molar-refractivity contribution in [3.8, 4) is 23.0 Å². The topological polar surface area (TPSA) is 94.5 Å². The van der Waals surface area contributed by atoms with Crippen molar-refractivity contribution in [2.24, 2.45) is 0 Å². The van der Waals surface area contributed by atoms with Gasteiger partial charge in [0.15, 0.2) is 5.78 Å². The third-order valence-corrected chi connectivity index (χ3v) is 7.93. The average molecular weight is 591 g/mol. The molecule has 6 rings (SSSR count). The molecule has 7 nitrogen and oxygen atoms in total. The lowest BCUT2D eigenvalue weighted by Gasteiger charge is -2.26. The molecule has 0 saturated heterocycles. The van der Waals surface area contributed by atoms with Crippen LogP contribution in [0.2, 0.25) is 0 Å². The summed E-state index contributed by atoms with van der Waals surface area (Å²) < 4.78 is 24.4. The van der Waals surface area contributed by atoms with Crippen molar-refractivity contribution in [3.63, 3.8) is 0 Å². The maximum Gasteiger partial charge on any atom is 0.154 e. The van der Waals surface area contributed by atoms with Crippen LogP contribution in [0.25, 0.3) is 12.2 Å². The van der Waals surface area contributed by atoms with Gasteiger partial charge in [0.05, 0.1) is 36.2 Å². The zero-order valence-electron chi connectivity index (χ0n) is 24.2. The molecule has 2 aliphatic rings. The summed E-state index contributed by atoms with van der Waals surface area (Å²) in [7, 11) is 0. The fourth-order valence-corrected chi connectivity index (χ4v) is 5.65. The van der Waals surface area contributed by atoms with Crippen LogP contribution in [0.1, 0.15) is 45.2 Å². The Morgan fingerprint density at radius 3 is 1.48 bits per heavy atom. The SMILES string of the molecule is O=C(C(COc1c(CO)ccc2c1C=CCO2)c1ccccc1)C(COc1c(CO)ccc2c1C=CCO2)c1ccccc1. The van der Waals surface area contributed by atoms with E-state index in [9.17, 15) is 15.0 Å². The van der Waals surface area contributed by atoms with Crippen LogP contribution in [0.4, 0.5) is 0 Å². The summed E-state index contributed by atoms with van der Waals surface area (Å²) >= 11 is 0. The molecule has 0 bridgehead atoms. The van der Waals surface area contributed by atoms with Crippen molar-refractivity contribution in [1.29, 1.82) is 0 Å². The van der Waals surface area contributed by atoms with E-state index < -0.39 is 11.8 Å². The molecule has 0 fully saturated rings. The van der Waals surface area contributed by atoms with Crippen LogP contribution in [0.5, 0.6) is 23.0 Å². The normalized spacial score (nSPS) is 14.4. The number of aliphatic hydroxyl groups excluding tert-OH is 2. The zero-order chi connectivity index (χ0) is 30.3. The summed E-state index contributed by atoms with van der Waals surface area (Å²) in [6.45, 7) is 0.575. The van der Waals surface area contributed by atoms with E-state index in [1.54, 1.807) is 12.1 Å². The summed E-state index contributed by atoms with van der Waals surface area (Å²) in [6.07, 6.45) is 7.62. The summed E-state index contributed by atoms with van der Waals surface area (Å²) in [5, 5.41) is 20.2. The highest BCUT2D eigenvalue weighted by Gasteiger charge is 2.32. The highest BCUT2D eigenvalue weighted by molar-refractivity contribution is 5.92. The van der Waals surface area contributed by atoms with E-state index in [0.29, 0.717) is 47.3 Å². The van der Waals surface area contributed by atoms with Crippen molar-refractivity contribution in [2.75, 3.05) is 26.4 Å². The molecule has 4 aromatic rings. The summed E-state index contributed by atoms with van der Waals surface area (Å²) in [5.74, 6) is 0.961. The molecule has 0 aliphatic carbocycles. The van der Waals surface area contributed by atoms with Crippen molar-refractivity contribution in [1.82, 2.24) is 0 Å². The van der Waals surface area contributed by atoms with Gasteiger partial charge < -0.3 is 29.2 Å². The molecule has 44 heavy (non-hydrogen) atoms. The number of rotatable bonds is 12. The molecule has 4 aromatic carbocycles. The Bertz CT molecular complexity index is 1540. The van der Waals surface area contributed by atoms with Gasteiger partial charge in [0.1, 0.15) is 49.4 Å². The monoisotopic (exact) mass is 590 g/mol. The molecule has 2 aliphatic heterocycles. The predicted octanol–water partition coefficient (Wildman–Crippen LogP) is 6.08. The Balaban J connectivity index is 1.34. The fraction of sp³-hybridized carbons (Fsp3) is 0.216. The van der Waals surface area contributed by atoms with Gasteiger partial charge in [-0.3, -0.25) is 4.79 Å². The number of hydrogen-bond donors (Lipinski definition) is 2. The summed E-state index contributed by atoms with van der Waals surface area (Å²) in [5.41, 5.74) is 4.33. The number of Topliss-reactive ketones (excluding diaryl/α,β-unsaturated/α-hetero) is 1. The van der Waals surface area contributed by atoms with Gasteiger partial charge in [-0.1, -0.05) is 60.7 Å². The van der Waals surface area contributed by atoms with Crippen LogP contribution in [0.3, 0.4) is 0 Å². The van der Waals surface area contributed by atoms with E-state index in [1.807, 2.05) is 97.1 Å². The lowest BCUT2D eigenvalue weighted by atomic mass is 9.84.